The molecule has 1 aromatic rings. The fourth-order valence-electron chi connectivity index (χ4n) is 3.04. The molecule has 2 aliphatic rings. The molecular formula is C17H19ClFNO. The average molecular weight is 308 g/mol. The minimum atomic E-state index is -0.322. The molecule has 3 rings (SSSR count). The van der Waals surface area contributed by atoms with Crippen molar-refractivity contribution in [2.45, 2.75) is 37.5 Å². The van der Waals surface area contributed by atoms with Crippen molar-refractivity contribution in [1.82, 2.24) is 5.32 Å². The van der Waals surface area contributed by atoms with Gasteiger partial charge in [0, 0.05) is 22.9 Å². The van der Waals surface area contributed by atoms with Gasteiger partial charge in [-0.05, 0) is 49.8 Å². The summed E-state index contributed by atoms with van der Waals surface area (Å²) in [4.78, 5) is 12.2. The summed E-state index contributed by atoms with van der Waals surface area (Å²) in [6, 6.07) is 4.54. The Hall–Kier alpha value is -1.35. The van der Waals surface area contributed by atoms with Crippen molar-refractivity contribution in [1.29, 1.82) is 0 Å². The quantitative estimate of drug-likeness (QED) is 0.838. The summed E-state index contributed by atoms with van der Waals surface area (Å²) in [7, 11) is 0. The van der Waals surface area contributed by atoms with Gasteiger partial charge in [0.1, 0.15) is 5.82 Å². The normalized spacial score (nSPS) is 22.9. The molecule has 0 spiro atoms. The molecule has 1 amide bonds. The highest BCUT2D eigenvalue weighted by Gasteiger charge is 2.45. The van der Waals surface area contributed by atoms with E-state index in [1.54, 1.807) is 6.07 Å². The van der Waals surface area contributed by atoms with Crippen LogP contribution in [0.4, 0.5) is 4.39 Å². The van der Waals surface area contributed by atoms with Gasteiger partial charge in [-0.3, -0.25) is 4.79 Å². The summed E-state index contributed by atoms with van der Waals surface area (Å²) in [5.74, 6) is -0.101. The van der Waals surface area contributed by atoms with Crippen molar-refractivity contribution in [2.24, 2.45) is 5.92 Å². The first-order chi connectivity index (χ1) is 10.1. The molecule has 1 aromatic carbocycles. The Labute approximate surface area is 129 Å². The van der Waals surface area contributed by atoms with E-state index in [0.29, 0.717) is 11.6 Å². The minimum Gasteiger partial charge on any atom is -0.355 e. The van der Waals surface area contributed by atoms with Crippen LogP contribution in [0, 0.1) is 11.7 Å². The average Bonchev–Trinajstić information content (AvgIpc) is 3.26. The van der Waals surface area contributed by atoms with Crippen LogP contribution < -0.4 is 5.32 Å². The van der Waals surface area contributed by atoms with Gasteiger partial charge in [-0.15, -0.1) is 0 Å². The molecule has 0 aromatic heterocycles. The zero-order chi connectivity index (χ0) is 14.9. The first kappa shape index (κ1) is 14.6. The van der Waals surface area contributed by atoms with Gasteiger partial charge in [0.25, 0.3) is 0 Å². The third kappa shape index (κ3) is 3.13. The summed E-state index contributed by atoms with van der Waals surface area (Å²) in [5.41, 5.74) is 0.861. The standard InChI is InChI=1S/C17H19ClFNO/c18-15-10-13(19)6-7-14(15)17(8-9-17)11-20-16(21)12-4-2-1-3-5-12/h1-2,6-7,10,12H,3-5,8-9,11H2,(H,20,21). The van der Waals surface area contributed by atoms with Crippen LogP contribution in [0.25, 0.3) is 0 Å². The van der Waals surface area contributed by atoms with Gasteiger partial charge in [0.15, 0.2) is 0 Å². The molecule has 1 unspecified atom stereocenters. The van der Waals surface area contributed by atoms with Crippen LogP contribution in [-0.4, -0.2) is 12.5 Å². The van der Waals surface area contributed by atoms with Crippen LogP contribution in [0.5, 0.6) is 0 Å². The SMILES string of the molecule is O=C(NCC1(c2ccc(F)cc2Cl)CC1)C1CC=CCC1. The van der Waals surface area contributed by atoms with Crippen molar-refractivity contribution in [3.63, 3.8) is 0 Å². The number of nitrogens with one attached hydrogen (secondary N) is 1. The topological polar surface area (TPSA) is 29.1 Å². The summed E-state index contributed by atoms with van der Waals surface area (Å²) in [6.45, 7) is 0.595. The molecule has 2 aliphatic carbocycles. The third-order valence-corrected chi connectivity index (χ3v) is 4.91. The largest absolute Gasteiger partial charge is 0.355 e. The molecule has 1 atom stereocenters. The molecule has 0 heterocycles. The smallest absolute Gasteiger partial charge is 0.223 e. The molecule has 4 heteroatoms. The van der Waals surface area contributed by atoms with Gasteiger partial charge in [0.05, 0.1) is 0 Å². The number of carbonyl (C=O) groups excluding carboxylic acids is 1. The van der Waals surface area contributed by atoms with E-state index in [-0.39, 0.29) is 23.1 Å². The lowest BCUT2D eigenvalue weighted by molar-refractivity contribution is -0.125. The van der Waals surface area contributed by atoms with E-state index in [4.69, 9.17) is 11.6 Å². The molecule has 0 saturated heterocycles. The monoisotopic (exact) mass is 307 g/mol. The molecule has 1 fully saturated rings. The van der Waals surface area contributed by atoms with E-state index in [1.165, 1.54) is 12.1 Å². The summed E-state index contributed by atoms with van der Waals surface area (Å²) >= 11 is 6.16. The lowest BCUT2D eigenvalue weighted by Gasteiger charge is -2.21. The molecular weight excluding hydrogens is 289 g/mol. The summed E-state index contributed by atoms with van der Waals surface area (Å²) < 4.78 is 13.2. The number of allylic oxidation sites excluding steroid dienone is 2. The molecule has 0 radical (unpaired) electrons. The van der Waals surface area contributed by atoms with Crippen LogP contribution >= 0.6 is 11.6 Å². The van der Waals surface area contributed by atoms with Gasteiger partial charge in [0.2, 0.25) is 5.91 Å². The Bertz CT molecular complexity index is 580. The second-order valence-corrected chi connectivity index (χ2v) is 6.51. The number of amides is 1. The molecule has 1 N–H and O–H groups in total. The van der Waals surface area contributed by atoms with Crippen molar-refractivity contribution in [3.8, 4) is 0 Å². The van der Waals surface area contributed by atoms with E-state index in [1.807, 2.05) is 0 Å². The molecule has 21 heavy (non-hydrogen) atoms. The first-order valence-electron chi connectivity index (χ1n) is 7.49. The summed E-state index contributed by atoms with van der Waals surface area (Å²) in [6.07, 6.45) is 8.92. The number of hydrogen-bond acceptors (Lipinski definition) is 1. The molecule has 2 nitrogen and oxygen atoms in total. The molecule has 0 aliphatic heterocycles. The predicted octanol–water partition coefficient (Wildman–Crippen LogP) is 3.98. The van der Waals surface area contributed by atoms with Crippen molar-refractivity contribution in [2.75, 3.05) is 6.54 Å². The highest BCUT2D eigenvalue weighted by Crippen LogP contribution is 2.50. The van der Waals surface area contributed by atoms with Crippen LogP contribution in [0.3, 0.4) is 0 Å². The van der Waals surface area contributed by atoms with Gasteiger partial charge < -0.3 is 5.32 Å². The highest BCUT2D eigenvalue weighted by atomic mass is 35.5. The van der Waals surface area contributed by atoms with Gasteiger partial charge in [-0.1, -0.05) is 29.8 Å². The van der Waals surface area contributed by atoms with Crippen LogP contribution in [0.1, 0.15) is 37.7 Å². The number of carbonyl (C=O) groups is 1. The number of hydrogen-bond donors (Lipinski definition) is 1. The number of benzene rings is 1. The molecule has 0 bridgehead atoms. The lowest BCUT2D eigenvalue weighted by atomic mass is 9.92. The van der Waals surface area contributed by atoms with E-state index >= 15 is 0 Å². The Morgan fingerprint density at radius 1 is 1.38 bits per heavy atom. The summed E-state index contributed by atoms with van der Waals surface area (Å²) in [5, 5.41) is 3.53. The zero-order valence-corrected chi connectivity index (χ0v) is 12.6. The zero-order valence-electron chi connectivity index (χ0n) is 11.9. The highest BCUT2D eigenvalue weighted by molar-refractivity contribution is 6.31. The Kier molecular flexibility index (Phi) is 4.03. The fourth-order valence-corrected chi connectivity index (χ4v) is 3.41. The lowest BCUT2D eigenvalue weighted by Crippen LogP contribution is -2.36. The second kappa shape index (κ2) is 5.80. The van der Waals surface area contributed by atoms with Crippen LogP contribution in [0.15, 0.2) is 30.4 Å². The maximum atomic E-state index is 13.2. The van der Waals surface area contributed by atoms with Gasteiger partial charge >= 0.3 is 0 Å². The second-order valence-electron chi connectivity index (χ2n) is 6.10. The predicted molar refractivity (Wildman–Crippen MR) is 81.8 cm³/mol. The van der Waals surface area contributed by atoms with Crippen molar-refractivity contribution < 1.29 is 9.18 Å². The van der Waals surface area contributed by atoms with E-state index < -0.39 is 0 Å². The van der Waals surface area contributed by atoms with Gasteiger partial charge in [-0.25, -0.2) is 4.39 Å². The van der Waals surface area contributed by atoms with E-state index in [9.17, 15) is 9.18 Å². The van der Waals surface area contributed by atoms with Crippen LogP contribution in [0.2, 0.25) is 5.02 Å². The first-order valence-corrected chi connectivity index (χ1v) is 7.87. The van der Waals surface area contributed by atoms with Gasteiger partial charge in [-0.2, -0.15) is 0 Å². The van der Waals surface area contributed by atoms with Crippen molar-refractivity contribution >= 4 is 17.5 Å². The Morgan fingerprint density at radius 2 is 2.19 bits per heavy atom. The minimum absolute atomic E-state index is 0.0921. The van der Waals surface area contributed by atoms with E-state index in [0.717, 1.165) is 37.7 Å². The maximum Gasteiger partial charge on any atom is 0.223 e. The Morgan fingerprint density at radius 3 is 2.81 bits per heavy atom. The molecule has 112 valence electrons. The number of halogens is 2. The Balaban J connectivity index is 1.64. The van der Waals surface area contributed by atoms with E-state index in [2.05, 4.69) is 17.5 Å². The third-order valence-electron chi connectivity index (χ3n) is 4.60. The fraction of sp³-hybridized carbons (Fsp3) is 0.471. The maximum absolute atomic E-state index is 13.2. The number of rotatable bonds is 4. The molecule has 1 saturated carbocycles. The van der Waals surface area contributed by atoms with Crippen molar-refractivity contribution in [3.05, 3.63) is 46.8 Å². The van der Waals surface area contributed by atoms with Crippen LogP contribution in [-0.2, 0) is 10.2 Å².